The highest BCUT2D eigenvalue weighted by atomic mass is 16.6. The van der Waals surface area contributed by atoms with Crippen LogP contribution in [0.4, 0.5) is 5.69 Å². The molecule has 10 nitrogen and oxygen atoms in total. The Kier molecular flexibility index (Phi) is 12.5. The van der Waals surface area contributed by atoms with Gasteiger partial charge in [0.15, 0.2) is 11.6 Å². The predicted octanol–water partition coefficient (Wildman–Crippen LogP) is 3.29. The first kappa shape index (κ1) is 28.8. The van der Waals surface area contributed by atoms with Crippen molar-refractivity contribution in [3.8, 4) is 0 Å². The number of nitrogens with one attached hydrogen (secondary N) is 4. The number of anilines is 1. The third kappa shape index (κ3) is 8.58. The third-order valence-electron chi connectivity index (χ3n) is 5.82. The Hall–Kier alpha value is -3.27. The average molecular weight is 478 g/mol. The van der Waals surface area contributed by atoms with Crippen molar-refractivity contribution < 1.29 is 17.3 Å². The molecule has 0 bridgehead atoms. The molecule has 34 heavy (non-hydrogen) atoms. The summed E-state index contributed by atoms with van der Waals surface area (Å²) in [6.07, 6.45) is 9.21. The van der Waals surface area contributed by atoms with Gasteiger partial charge in [-0.3, -0.25) is 19.9 Å². The third-order valence-corrected chi connectivity index (χ3v) is 5.82. The van der Waals surface area contributed by atoms with Gasteiger partial charge in [0.1, 0.15) is 0 Å². The molecule has 1 heterocycles. The summed E-state index contributed by atoms with van der Waals surface area (Å²) in [5.41, 5.74) is 10.4. The van der Waals surface area contributed by atoms with E-state index in [1.807, 2.05) is 6.92 Å². The molecule has 1 aliphatic carbocycles. The van der Waals surface area contributed by atoms with Gasteiger partial charge in [0.25, 0.3) is 5.91 Å². The normalized spacial score (nSPS) is 19.6. The van der Waals surface area contributed by atoms with Gasteiger partial charge < -0.3 is 21.8 Å². The van der Waals surface area contributed by atoms with E-state index in [0.717, 1.165) is 25.7 Å². The summed E-state index contributed by atoms with van der Waals surface area (Å²) in [5, 5.41) is 11.5. The number of allylic oxidation sites excluding steroid dienone is 3. The fourth-order valence-corrected chi connectivity index (χ4v) is 3.96. The maximum atomic E-state index is 12.6. The Labute approximate surface area is 205 Å². The van der Waals surface area contributed by atoms with Gasteiger partial charge in [-0.2, -0.15) is 0 Å². The molecular weight excluding hydrogens is 434 g/mol. The van der Waals surface area contributed by atoms with E-state index in [1.54, 1.807) is 20.0 Å². The molecule has 0 aliphatic heterocycles. The van der Waals surface area contributed by atoms with Crippen molar-refractivity contribution in [2.75, 3.05) is 19.1 Å². The maximum absolute atomic E-state index is 12.6. The zero-order valence-electron chi connectivity index (χ0n) is 20.9. The number of rotatable bonds is 10. The number of amides is 1. The minimum absolute atomic E-state index is 0. The van der Waals surface area contributed by atoms with Crippen molar-refractivity contribution in [2.45, 2.75) is 59.4 Å². The Morgan fingerprint density at radius 3 is 2.32 bits per heavy atom. The molecule has 0 saturated heterocycles. The maximum Gasteiger partial charge on any atom is 0.267 e. The topological polar surface area (TPSA) is 155 Å². The van der Waals surface area contributed by atoms with E-state index in [2.05, 4.69) is 39.7 Å². The van der Waals surface area contributed by atoms with Crippen molar-refractivity contribution in [1.29, 1.82) is 5.41 Å². The molecule has 1 saturated carbocycles. The number of ketones is 1. The highest BCUT2D eigenvalue weighted by Gasteiger charge is 2.28. The van der Waals surface area contributed by atoms with Crippen molar-refractivity contribution in [3.05, 3.63) is 35.7 Å². The summed E-state index contributed by atoms with van der Waals surface area (Å²) in [6.45, 7) is 9.96. The van der Waals surface area contributed by atoms with Crippen LogP contribution in [0.2, 0.25) is 0 Å². The van der Waals surface area contributed by atoms with Crippen LogP contribution in [0.1, 0.15) is 62.1 Å². The van der Waals surface area contributed by atoms with Gasteiger partial charge in [0.05, 0.1) is 42.0 Å². The van der Waals surface area contributed by atoms with Gasteiger partial charge >= 0.3 is 0 Å². The fraction of sp³-hybridized carbons (Fsp3) is 0.542. The minimum atomic E-state index is -0.190. The first-order chi connectivity index (χ1) is 16.3. The Morgan fingerprint density at radius 2 is 1.85 bits per heavy atom. The van der Waals surface area contributed by atoms with E-state index >= 15 is 0 Å². The van der Waals surface area contributed by atoms with Crippen molar-refractivity contribution in [3.63, 3.8) is 0 Å². The molecule has 0 spiro atoms. The molecule has 0 unspecified atom stereocenters. The second-order valence-corrected chi connectivity index (χ2v) is 8.37. The summed E-state index contributed by atoms with van der Waals surface area (Å²) in [6, 6.07) is -0.127. The summed E-state index contributed by atoms with van der Waals surface area (Å²) < 4.78 is 0. The lowest BCUT2D eigenvalue weighted by molar-refractivity contribution is -0.119. The molecule has 0 radical (unpaired) electrons. The zero-order chi connectivity index (χ0) is 25.7. The molecule has 0 aromatic carbocycles. The van der Waals surface area contributed by atoms with Gasteiger partial charge in [-0.1, -0.05) is 25.8 Å². The quantitative estimate of drug-likeness (QED) is 0.195. The lowest BCUT2D eigenvalue weighted by Gasteiger charge is -2.33. The van der Waals surface area contributed by atoms with Gasteiger partial charge in [-0.05, 0) is 52.2 Å². The lowest BCUT2D eigenvalue weighted by Crippen LogP contribution is -2.46. The number of hydrogen-bond donors (Lipinski definition) is 5. The van der Waals surface area contributed by atoms with Crippen LogP contribution in [0.3, 0.4) is 0 Å². The molecule has 2 rings (SSSR count). The second-order valence-electron chi connectivity index (χ2n) is 8.37. The SMILES string of the molecule is C/C=C(\NC)C(=O)N[C@H](CONc1cnc(/C(C(C)=O)=C(\C)N)nc1)C1CCC(C)CC1.C=N.[HH].[HH]. The smallest absolute Gasteiger partial charge is 0.267 e. The second kappa shape index (κ2) is 14.8. The van der Waals surface area contributed by atoms with Crippen molar-refractivity contribution in [2.24, 2.45) is 17.6 Å². The van der Waals surface area contributed by atoms with Crippen LogP contribution in [-0.2, 0) is 14.4 Å². The molecule has 1 fully saturated rings. The summed E-state index contributed by atoms with van der Waals surface area (Å²) >= 11 is 0. The number of carbonyl (C=O) groups excluding carboxylic acids is 2. The Morgan fingerprint density at radius 1 is 1.26 bits per heavy atom. The Bertz CT molecular complexity index is 867. The molecule has 1 aromatic heterocycles. The van der Waals surface area contributed by atoms with E-state index in [1.165, 1.54) is 19.3 Å². The molecular formula is C24H43N7O3. The van der Waals surface area contributed by atoms with Gasteiger partial charge in [0.2, 0.25) is 0 Å². The van der Waals surface area contributed by atoms with Crippen LogP contribution in [0, 0.1) is 17.2 Å². The van der Waals surface area contributed by atoms with Crippen LogP contribution in [0.25, 0.3) is 5.57 Å². The van der Waals surface area contributed by atoms with E-state index in [0.29, 0.717) is 41.1 Å². The number of Topliss-reactive ketones (excluding diaryl/α,β-unsaturated/α-hetero) is 1. The van der Waals surface area contributed by atoms with Gasteiger partial charge in [-0.25, -0.2) is 9.97 Å². The van der Waals surface area contributed by atoms with Crippen LogP contribution < -0.4 is 21.8 Å². The largest absolute Gasteiger partial charge is 0.402 e. The summed E-state index contributed by atoms with van der Waals surface area (Å²) in [7, 11) is 1.73. The predicted molar refractivity (Wildman–Crippen MR) is 139 cm³/mol. The molecule has 1 atom stereocenters. The number of likely N-dealkylation sites (N-methyl/N-ethyl adjacent to an activating group) is 1. The lowest BCUT2D eigenvalue weighted by atomic mass is 9.79. The first-order valence-corrected chi connectivity index (χ1v) is 11.4. The molecule has 10 heteroatoms. The highest BCUT2D eigenvalue weighted by Crippen LogP contribution is 2.30. The van der Waals surface area contributed by atoms with E-state index in [9.17, 15) is 9.59 Å². The van der Waals surface area contributed by atoms with Crippen LogP contribution in [-0.4, -0.2) is 48.1 Å². The molecule has 6 N–H and O–H groups in total. The monoisotopic (exact) mass is 477 g/mol. The average Bonchev–Trinajstić information content (AvgIpc) is 2.81. The number of hydrogen-bond acceptors (Lipinski definition) is 9. The summed E-state index contributed by atoms with van der Waals surface area (Å²) in [5.74, 6) is 1.00. The van der Waals surface area contributed by atoms with Crippen LogP contribution in [0.15, 0.2) is 29.9 Å². The van der Waals surface area contributed by atoms with E-state index < -0.39 is 0 Å². The van der Waals surface area contributed by atoms with Crippen LogP contribution >= 0.6 is 0 Å². The number of nitrogens with zero attached hydrogens (tertiary/aromatic N) is 2. The molecule has 1 aliphatic rings. The van der Waals surface area contributed by atoms with Crippen molar-refractivity contribution >= 4 is 29.7 Å². The van der Waals surface area contributed by atoms with E-state index in [4.69, 9.17) is 16.0 Å². The van der Waals surface area contributed by atoms with Crippen LogP contribution in [0.5, 0.6) is 0 Å². The van der Waals surface area contributed by atoms with E-state index in [-0.39, 0.29) is 26.4 Å². The van der Waals surface area contributed by atoms with Gasteiger partial charge in [-0.15, -0.1) is 0 Å². The minimum Gasteiger partial charge on any atom is -0.402 e. The summed E-state index contributed by atoms with van der Waals surface area (Å²) in [4.78, 5) is 38.5. The standard InChI is InChI=1S/C23H36N6O3.CH3N.2H2/c1-6-19(25-5)23(31)28-20(17-9-7-14(2)8-10-17)13-32-29-18-11-26-22(27-12-18)21(15(3)24)16(4)30;1-2;;/h6,11-12,14,17,20,25,29H,7-10,13,24H2,1-5H3,(H,28,31);2H,1H2;2*1H/b19-6-,21-15+;;;/t14?,17?,20-;;;/m1.../s1. The molecule has 1 amide bonds. The number of nitrogens with two attached hydrogens (primary N) is 1. The zero-order valence-corrected chi connectivity index (χ0v) is 20.9. The van der Waals surface area contributed by atoms with Gasteiger partial charge in [0, 0.05) is 15.6 Å². The Balaban J connectivity index is 0. The first-order valence-electron chi connectivity index (χ1n) is 11.4. The number of carbonyl (C=O) groups is 2. The molecule has 192 valence electrons. The fourth-order valence-electron chi connectivity index (χ4n) is 3.96. The highest BCUT2D eigenvalue weighted by molar-refractivity contribution is 6.19. The number of aromatic nitrogens is 2. The van der Waals surface area contributed by atoms with Crippen molar-refractivity contribution in [1.82, 2.24) is 20.6 Å². The molecule has 1 aromatic rings.